The highest BCUT2D eigenvalue weighted by atomic mass is 79.9. The van der Waals surface area contributed by atoms with E-state index in [4.69, 9.17) is 13.9 Å². The lowest BCUT2D eigenvalue weighted by Crippen LogP contribution is -1.99. The summed E-state index contributed by atoms with van der Waals surface area (Å²) >= 11 is 3.52. The average Bonchev–Trinajstić information content (AvgIpc) is 2.53. The zero-order valence-electron chi connectivity index (χ0n) is 12.1. The first-order valence-corrected chi connectivity index (χ1v) is 7.38. The Morgan fingerprint density at radius 2 is 1.64 bits per heavy atom. The fourth-order valence-corrected chi connectivity index (χ4v) is 2.89. The lowest BCUT2D eigenvalue weighted by atomic mass is 10.0. The lowest BCUT2D eigenvalue weighted by molar-refractivity contribution is 0.355. The molecule has 1 heterocycles. The molecule has 3 rings (SSSR count). The molecule has 22 heavy (non-hydrogen) atoms. The second kappa shape index (κ2) is 5.85. The third-order valence-corrected chi connectivity index (χ3v) is 4.10. The van der Waals surface area contributed by atoms with Crippen molar-refractivity contribution in [1.82, 2.24) is 0 Å². The van der Waals surface area contributed by atoms with Gasteiger partial charge in [0.25, 0.3) is 0 Å². The molecule has 4 nitrogen and oxygen atoms in total. The summed E-state index contributed by atoms with van der Waals surface area (Å²) in [5.74, 6) is 1.10. The van der Waals surface area contributed by atoms with Gasteiger partial charge in [0.2, 0.25) is 0 Å². The van der Waals surface area contributed by atoms with E-state index < -0.39 is 5.63 Å². The summed E-state index contributed by atoms with van der Waals surface area (Å²) in [5.41, 5.74) is 1.73. The van der Waals surface area contributed by atoms with Crippen molar-refractivity contribution >= 4 is 26.9 Å². The number of fused-ring (bicyclic) bond motifs is 1. The van der Waals surface area contributed by atoms with Gasteiger partial charge in [-0.1, -0.05) is 34.1 Å². The molecule has 0 aliphatic carbocycles. The normalized spacial score (nSPS) is 10.7. The van der Waals surface area contributed by atoms with Crippen molar-refractivity contribution in [2.24, 2.45) is 0 Å². The van der Waals surface area contributed by atoms with E-state index in [0.29, 0.717) is 17.1 Å². The summed E-state index contributed by atoms with van der Waals surface area (Å²) in [5, 5.41) is 0.782. The van der Waals surface area contributed by atoms with E-state index in [9.17, 15) is 4.79 Å². The van der Waals surface area contributed by atoms with Crippen LogP contribution in [0, 0.1) is 0 Å². The van der Waals surface area contributed by atoms with Gasteiger partial charge in [-0.3, -0.25) is 0 Å². The molecule has 0 aliphatic rings. The fraction of sp³-hybridized carbons (Fsp3) is 0.118. The molecule has 0 N–H and O–H groups in total. The Balaban J connectivity index is 2.40. The number of ether oxygens (including phenoxy) is 2. The molecule has 0 fully saturated rings. The molecule has 3 aromatic rings. The number of hydrogen-bond acceptors (Lipinski definition) is 4. The summed E-state index contributed by atoms with van der Waals surface area (Å²) in [6.45, 7) is 0. The molecule has 5 heteroatoms. The van der Waals surface area contributed by atoms with E-state index in [2.05, 4.69) is 15.9 Å². The van der Waals surface area contributed by atoms with Gasteiger partial charge in [-0.25, -0.2) is 4.79 Å². The molecule has 0 saturated carbocycles. The van der Waals surface area contributed by atoms with Crippen molar-refractivity contribution in [3.63, 3.8) is 0 Å². The molecule has 0 atom stereocenters. The van der Waals surface area contributed by atoms with Gasteiger partial charge in [0.05, 0.1) is 14.2 Å². The van der Waals surface area contributed by atoms with Crippen molar-refractivity contribution in [2.45, 2.75) is 0 Å². The molecule has 0 amide bonds. The second-order valence-electron chi connectivity index (χ2n) is 4.66. The first-order chi connectivity index (χ1) is 10.6. The Morgan fingerprint density at radius 1 is 0.955 bits per heavy atom. The zero-order valence-corrected chi connectivity index (χ0v) is 13.6. The summed E-state index contributed by atoms with van der Waals surface area (Å²) in [6, 6.07) is 12.7. The summed E-state index contributed by atoms with van der Waals surface area (Å²) in [7, 11) is 3.11. The molecule has 0 aliphatic heterocycles. The molecule has 1 aromatic heterocycles. The molecule has 2 aromatic carbocycles. The first-order valence-electron chi connectivity index (χ1n) is 6.59. The van der Waals surface area contributed by atoms with Crippen LogP contribution in [-0.4, -0.2) is 14.2 Å². The molecule has 0 unspecified atom stereocenters. The maximum Gasteiger partial charge on any atom is 0.336 e. The Labute approximate surface area is 135 Å². The summed E-state index contributed by atoms with van der Waals surface area (Å²) in [6.07, 6.45) is 0. The standard InChI is InChI=1S/C17H13BrO4/c1-20-15-7-12-11(10-5-3-4-6-13(10)18)8-17(19)22-14(12)9-16(15)21-2/h3-9H,1-2H3. The number of methoxy groups -OCH3 is 2. The van der Waals surface area contributed by atoms with Gasteiger partial charge in [-0.2, -0.15) is 0 Å². The Hall–Kier alpha value is -2.27. The lowest BCUT2D eigenvalue weighted by Gasteiger charge is -2.11. The third kappa shape index (κ3) is 2.48. The van der Waals surface area contributed by atoms with Gasteiger partial charge in [-0.15, -0.1) is 0 Å². The van der Waals surface area contributed by atoms with Gasteiger partial charge < -0.3 is 13.9 Å². The van der Waals surface area contributed by atoms with Crippen LogP contribution in [-0.2, 0) is 0 Å². The predicted molar refractivity (Wildman–Crippen MR) is 88.7 cm³/mol. The van der Waals surface area contributed by atoms with Gasteiger partial charge in [0, 0.05) is 27.6 Å². The minimum atomic E-state index is -0.412. The molecular formula is C17H13BrO4. The fourth-order valence-electron chi connectivity index (χ4n) is 2.39. The van der Waals surface area contributed by atoms with E-state index in [1.165, 1.54) is 6.07 Å². The minimum Gasteiger partial charge on any atom is -0.493 e. The third-order valence-electron chi connectivity index (χ3n) is 3.41. The van der Waals surface area contributed by atoms with Gasteiger partial charge in [-0.05, 0) is 17.7 Å². The SMILES string of the molecule is COc1cc2oc(=O)cc(-c3ccccc3Br)c2cc1OC. The van der Waals surface area contributed by atoms with E-state index in [-0.39, 0.29) is 0 Å². The van der Waals surface area contributed by atoms with Crippen molar-refractivity contribution in [3.05, 3.63) is 57.4 Å². The smallest absolute Gasteiger partial charge is 0.336 e. The van der Waals surface area contributed by atoms with Crippen LogP contribution in [0.2, 0.25) is 0 Å². The van der Waals surface area contributed by atoms with E-state index >= 15 is 0 Å². The molecule has 0 radical (unpaired) electrons. The minimum absolute atomic E-state index is 0.412. The maximum atomic E-state index is 11.9. The van der Waals surface area contributed by atoms with Crippen molar-refractivity contribution in [3.8, 4) is 22.6 Å². The maximum absolute atomic E-state index is 11.9. The van der Waals surface area contributed by atoms with Gasteiger partial charge in [0.1, 0.15) is 5.58 Å². The van der Waals surface area contributed by atoms with E-state index in [1.807, 2.05) is 30.3 Å². The number of rotatable bonds is 3. The highest BCUT2D eigenvalue weighted by Crippen LogP contribution is 2.38. The molecule has 0 bridgehead atoms. The highest BCUT2D eigenvalue weighted by Gasteiger charge is 2.14. The van der Waals surface area contributed by atoms with Crippen molar-refractivity contribution in [1.29, 1.82) is 0 Å². The molecular weight excluding hydrogens is 348 g/mol. The molecule has 0 spiro atoms. The van der Waals surface area contributed by atoms with Gasteiger partial charge >= 0.3 is 5.63 Å². The highest BCUT2D eigenvalue weighted by molar-refractivity contribution is 9.10. The largest absolute Gasteiger partial charge is 0.493 e. The molecule has 0 saturated heterocycles. The average molecular weight is 361 g/mol. The second-order valence-corrected chi connectivity index (χ2v) is 5.52. The van der Waals surface area contributed by atoms with Crippen LogP contribution in [0.15, 0.2) is 56.1 Å². The van der Waals surface area contributed by atoms with E-state index in [1.54, 1.807) is 20.3 Å². The Morgan fingerprint density at radius 3 is 2.32 bits per heavy atom. The number of benzene rings is 2. The number of hydrogen-bond donors (Lipinski definition) is 0. The Kier molecular flexibility index (Phi) is 3.90. The zero-order chi connectivity index (χ0) is 15.7. The predicted octanol–water partition coefficient (Wildman–Crippen LogP) is 4.24. The van der Waals surface area contributed by atoms with Crippen LogP contribution in [0.4, 0.5) is 0 Å². The van der Waals surface area contributed by atoms with Crippen molar-refractivity contribution < 1.29 is 13.9 Å². The first kappa shape index (κ1) is 14.7. The van der Waals surface area contributed by atoms with Crippen molar-refractivity contribution in [2.75, 3.05) is 14.2 Å². The van der Waals surface area contributed by atoms with Crippen LogP contribution in [0.1, 0.15) is 0 Å². The number of halogens is 1. The Bertz CT molecular complexity index is 899. The van der Waals surface area contributed by atoms with Crippen LogP contribution in [0.25, 0.3) is 22.1 Å². The molecule has 112 valence electrons. The summed E-state index contributed by atoms with van der Waals surface area (Å²) < 4.78 is 16.8. The van der Waals surface area contributed by atoms with E-state index in [0.717, 1.165) is 21.0 Å². The topological polar surface area (TPSA) is 48.7 Å². The van der Waals surface area contributed by atoms with Crippen LogP contribution < -0.4 is 15.1 Å². The quantitative estimate of drug-likeness (QED) is 0.655. The van der Waals surface area contributed by atoms with Crippen LogP contribution >= 0.6 is 15.9 Å². The van der Waals surface area contributed by atoms with Gasteiger partial charge in [0.15, 0.2) is 11.5 Å². The monoisotopic (exact) mass is 360 g/mol. The van der Waals surface area contributed by atoms with Crippen LogP contribution in [0.5, 0.6) is 11.5 Å². The summed E-state index contributed by atoms with van der Waals surface area (Å²) in [4.78, 5) is 11.9. The van der Waals surface area contributed by atoms with Crippen LogP contribution in [0.3, 0.4) is 0 Å².